The summed E-state index contributed by atoms with van der Waals surface area (Å²) in [7, 11) is 1.68. The standard InChI is InChI=1S/C14H18N4O/c1-19-12-5-3-2-4-10(12)8-13-16-14-9-11(15)6-7-18(14)17-13/h2-5,11H,6-9,15H2,1H3. The van der Waals surface area contributed by atoms with Gasteiger partial charge in [-0.05, 0) is 12.5 Å². The molecule has 19 heavy (non-hydrogen) atoms. The first kappa shape index (κ1) is 12.2. The number of hydrogen-bond acceptors (Lipinski definition) is 4. The van der Waals surface area contributed by atoms with E-state index in [4.69, 9.17) is 10.5 Å². The molecule has 1 aromatic carbocycles. The van der Waals surface area contributed by atoms with E-state index in [1.807, 2.05) is 28.9 Å². The van der Waals surface area contributed by atoms with Gasteiger partial charge in [-0.1, -0.05) is 18.2 Å². The van der Waals surface area contributed by atoms with Crippen LogP contribution in [-0.2, 0) is 19.4 Å². The number of benzene rings is 1. The first-order valence-electron chi connectivity index (χ1n) is 6.56. The molecule has 1 unspecified atom stereocenters. The molecule has 0 bridgehead atoms. The van der Waals surface area contributed by atoms with E-state index >= 15 is 0 Å². The van der Waals surface area contributed by atoms with Crippen LogP contribution in [0.15, 0.2) is 24.3 Å². The van der Waals surface area contributed by atoms with Crippen molar-refractivity contribution in [3.05, 3.63) is 41.5 Å². The van der Waals surface area contributed by atoms with Gasteiger partial charge in [0.25, 0.3) is 0 Å². The highest BCUT2D eigenvalue weighted by molar-refractivity contribution is 5.35. The SMILES string of the molecule is COc1ccccc1Cc1nc2n(n1)CCC(N)C2. The summed E-state index contributed by atoms with van der Waals surface area (Å²) in [5.74, 6) is 2.73. The highest BCUT2D eigenvalue weighted by atomic mass is 16.5. The van der Waals surface area contributed by atoms with Crippen LogP contribution in [0.4, 0.5) is 0 Å². The molecule has 5 heteroatoms. The number of nitrogens with zero attached hydrogens (tertiary/aromatic N) is 3. The highest BCUT2D eigenvalue weighted by Crippen LogP contribution is 2.20. The van der Waals surface area contributed by atoms with Gasteiger partial charge in [0.05, 0.1) is 7.11 Å². The van der Waals surface area contributed by atoms with Gasteiger partial charge in [0.1, 0.15) is 11.6 Å². The lowest BCUT2D eigenvalue weighted by atomic mass is 10.1. The fourth-order valence-electron chi connectivity index (χ4n) is 2.48. The van der Waals surface area contributed by atoms with E-state index < -0.39 is 0 Å². The van der Waals surface area contributed by atoms with Crippen molar-refractivity contribution < 1.29 is 4.74 Å². The maximum absolute atomic E-state index is 5.96. The lowest BCUT2D eigenvalue weighted by Gasteiger charge is -2.17. The van der Waals surface area contributed by atoms with Crippen molar-refractivity contribution in [3.8, 4) is 5.75 Å². The van der Waals surface area contributed by atoms with E-state index in [2.05, 4.69) is 10.1 Å². The summed E-state index contributed by atoms with van der Waals surface area (Å²) in [5, 5.41) is 4.55. The summed E-state index contributed by atoms with van der Waals surface area (Å²) in [4.78, 5) is 4.59. The summed E-state index contributed by atoms with van der Waals surface area (Å²) in [6, 6.07) is 8.19. The van der Waals surface area contributed by atoms with Gasteiger partial charge in [-0.25, -0.2) is 9.67 Å². The van der Waals surface area contributed by atoms with Crippen LogP contribution in [0.2, 0.25) is 0 Å². The zero-order valence-corrected chi connectivity index (χ0v) is 11.0. The quantitative estimate of drug-likeness (QED) is 0.897. The van der Waals surface area contributed by atoms with Crippen LogP contribution in [0.3, 0.4) is 0 Å². The molecular formula is C14H18N4O. The van der Waals surface area contributed by atoms with Crippen molar-refractivity contribution in [2.45, 2.75) is 31.8 Å². The lowest BCUT2D eigenvalue weighted by Crippen LogP contribution is -2.31. The van der Waals surface area contributed by atoms with Crippen molar-refractivity contribution in [1.29, 1.82) is 0 Å². The number of methoxy groups -OCH3 is 1. The second-order valence-electron chi connectivity index (χ2n) is 4.91. The second kappa shape index (κ2) is 5.01. The third-order valence-electron chi connectivity index (χ3n) is 3.49. The van der Waals surface area contributed by atoms with Crippen molar-refractivity contribution in [2.75, 3.05) is 7.11 Å². The minimum Gasteiger partial charge on any atom is -0.496 e. The number of fused-ring (bicyclic) bond motifs is 1. The number of rotatable bonds is 3. The average molecular weight is 258 g/mol. The molecule has 100 valence electrons. The van der Waals surface area contributed by atoms with Crippen molar-refractivity contribution >= 4 is 0 Å². The Morgan fingerprint density at radius 1 is 1.42 bits per heavy atom. The normalized spacial score (nSPS) is 18.1. The molecule has 3 rings (SSSR count). The molecule has 0 spiro atoms. The Balaban J connectivity index is 1.84. The van der Waals surface area contributed by atoms with E-state index in [1.54, 1.807) is 7.11 Å². The summed E-state index contributed by atoms with van der Waals surface area (Å²) < 4.78 is 7.33. The molecule has 1 aromatic heterocycles. The molecule has 0 saturated heterocycles. The molecule has 2 heterocycles. The number of aromatic nitrogens is 3. The summed E-state index contributed by atoms with van der Waals surface area (Å²) in [6.45, 7) is 0.870. The Bertz CT molecular complexity index is 579. The van der Waals surface area contributed by atoms with Gasteiger partial charge in [0.15, 0.2) is 5.82 Å². The Morgan fingerprint density at radius 3 is 3.11 bits per heavy atom. The lowest BCUT2D eigenvalue weighted by molar-refractivity contribution is 0.410. The summed E-state index contributed by atoms with van der Waals surface area (Å²) in [5.41, 5.74) is 7.06. The third kappa shape index (κ3) is 2.46. The largest absolute Gasteiger partial charge is 0.496 e. The van der Waals surface area contributed by atoms with Gasteiger partial charge in [-0.3, -0.25) is 0 Å². The van der Waals surface area contributed by atoms with Gasteiger partial charge in [-0.2, -0.15) is 5.10 Å². The maximum Gasteiger partial charge on any atom is 0.155 e. The van der Waals surface area contributed by atoms with Crippen LogP contribution < -0.4 is 10.5 Å². The monoisotopic (exact) mass is 258 g/mol. The molecule has 0 aliphatic carbocycles. The van der Waals surface area contributed by atoms with Gasteiger partial charge >= 0.3 is 0 Å². The van der Waals surface area contributed by atoms with Gasteiger partial charge < -0.3 is 10.5 Å². The van der Waals surface area contributed by atoms with E-state index in [1.165, 1.54) is 0 Å². The van der Waals surface area contributed by atoms with Gasteiger partial charge in [-0.15, -0.1) is 0 Å². The number of ether oxygens (including phenoxy) is 1. The molecule has 2 aromatic rings. The van der Waals surface area contributed by atoms with E-state index in [-0.39, 0.29) is 6.04 Å². The second-order valence-corrected chi connectivity index (χ2v) is 4.91. The summed E-state index contributed by atoms with van der Waals surface area (Å²) >= 11 is 0. The predicted octanol–water partition coefficient (Wildman–Crippen LogP) is 1.15. The van der Waals surface area contributed by atoms with Crippen molar-refractivity contribution in [2.24, 2.45) is 5.73 Å². The van der Waals surface area contributed by atoms with Gasteiger partial charge in [0.2, 0.25) is 0 Å². The smallest absolute Gasteiger partial charge is 0.155 e. The third-order valence-corrected chi connectivity index (χ3v) is 3.49. The zero-order chi connectivity index (χ0) is 13.2. The number of aryl methyl sites for hydroxylation is 1. The first-order chi connectivity index (χ1) is 9.26. The van der Waals surface area contributed by atoms with Crippen LogP contribution in [-0.4, -0.2) is 27.9 Å². The fourth-order valence-corrected chi connectivity index (χ4v) is 2.48. The Morgan fingerprint density at radius 2 is 2.26 bits per heavy atom. The molecule has 1 aliphatic rings. The summed E-state index contributed by atoms with van der Waals surface area (Å²) in [6.07, 6.45) is 2.49. The molecule has 1 atom stereocenters. The molecule has 0 fully saturated rings. The molecule has 0 saturated carbocycles. The van der Waals surface area contributed by atoms with Crippen LogP contribution in [0.1, 0.15) is 23.6 Å². The number of nitrogens with two attached hydrogens (primary N) is 1. The van der Waals surface area contributed by atoms with E-state index in [0.717, 1.165) is 42.3 Å². The van der Waals surface area contributed by atoms with Crippen LogP contribution in [0.25, 0.3) is 0 Å². The number of para-hydroxylation sites is 1. The molecular weight excluding hydrogens is 240 g/mol. The predicted molar refractivity (Wildman–Crippen MR) is 72.1 cm³/mol. The fraction of sp³-hybridized carbons (Fsp3) is 0.429. The van der Waals surface area contributed by atoms with Crippen LogP contribution >= 0.6 is 0 Å². The molecule has 5 nitrogen and oxygen atoms in total. The van der Waals surface area contributed by atoms with Crippen molar-refractivity contribution in [1.82, 2.24) is 14.8 Å². The maximum atomic E-state index is 5.96. The average Bonchev–Trinajstić information content (AvgIpc) is 2.80. The van der Waals surface area contributed by atoms with E-state index in [0.29, 0.717) is 6.42 Å². The topological polar surface area (TPSA) is 66.0 Å². The minimum atomic E-state index is 0.218. The van der Waals surface area contributed by atoms with Gasteiger partial charge in [0, 0.05) is 31.0 Å². The minimum absolute atomic E-state index is 0.218. The molecule has 1 aliphatic heterocycles. The first-order valence-corrected chi connectivity index (χ1v) is 6.56. The Kier molecular flexibility index (Phi) is 3.21. The van der Waals surface area contributed by atoms with E-state index in [9.17, 15) is 0 Å². The van der Waals surface area contributed by atoms with Crippen LogP contribution in [0.5, 0.6) is 5.75 Å². The van der Waals surface area contributed by atoms with Crippen LogP contribution in [0, 0.1) is 0 Å². The number of hydrogen-bond donors (Lipinski definition) is 1. The Hall–Kier alpha value is -1.88. The van der Waals surface area contributed by atoms with Crippen molar-refractivity contribution in [3.63, 3.8) is 0 Å². The zero-order valence-electron chi connectivity index (χ0n) is 11.0. The Labute approximate surface area is 112 Å². The molecule has 0 radical (unpaired) electrons. The molecule has 2 N–H and O–H groups in total. The highest BCUT2D eigenvalue weighted by Gasteiger charge is 2.19. The molecule has 0 amide bonds.